The number of primary amides is 1. The maximum Gasteiger partial charge on any atom is 0.338 e. The van der Waals surface area contributed by atoms with Crippen molar-refractivity contribution in [2.45, 2.75) is 31.7 Å². The smallest absolute Gasteiger partial charge is 0.338 e. The third-order valence-electron chi connectivity index (χ3n) is 4.95. The molecule has 1 fully saturated rings. The van der Waals surface area contributed by atoms with Gasteiger partial charge in [-0.25, -0.2) is 4.79 Å². The summed E-state index contributed by atoms with van der Waals surface area (Å²) in [5.41, 5.74) is 7.74. The molecule has 0 unspecified atom stereocenters. The van der Waals surface area contributed by atoms with Crippen molar-refractivity contribution in [3.63, 3.8) is 0 Å². The van der Waals surface area contributed by atoms with Crippen molar-refractivity contribution in [3.8, 4) is 0 Å². The number of hydrogen-bond donors (Lipinski definition) is 1. The summed E-state index contributed by atoms with van der Waals surface area (Å²) in [7, 11) is 0. The van der Waals surface area contributed by atoms with Crippen molar-refractivity contribution < 1.29 is 19.1 Å². The molecule has 2 amide bonds. The molecular weight excluding hydrogens is 356 g/mol. The van der Waals surface area contributed by atoms with Crippen LogP contribution >= 0.6 is 0 Å². The lowest BCUT2D eigenvalue weighted by Gasteiger charge is -2.33. The van der Waals surface area contributed by atoms with Crippen LogP contribution in [0.5, 0.6) is 0 Å². The van der Waals surface area contributed by atoms with Gasteiger partial charge in [0, 0.05) is 6.54 Å². The summed E-state index contributed by atoms with van der Waals surface area (Å²) in [5.74, 6) is -1.46. The highest BCUT2D eigenvalue weighted by molar-refractivity contribution is 5.93. The second-order valence-corrected chi connectivity index (χ2v) is 6.90. The van der Waals surface area contributed by atoms with Gasteiger partial charge in [-0.1, -0.05) is 48.5 Å². The molecule has 146 valence electrons. The van der Waals surface area contributed by atoms with Gasteiger partial charge >= 0.3 is 5.97 Å². The van der Waals surface area contributed by atoms with Gasteiger partial charge in [0.05, 0.1) is 5.56 Å². The van der Waals surface area contributed by atoms with Crippen molar-refractivity contribution >= 4 is 17.8 Å². The predicted molar refractivity (Wildman–Crippen MR) is 105 cm³/mol. The van der Waals surface area contributed by atoms with E-state index in [1.165, 1.54) is 4.90 Å². The van der Waals surface area contributed by atoms with E-state index in [1.807, 2.05) is 42.5 Å². The number of likely N-dealkylation sites (tertiary alicyclic amines) is 1. The third kappa shape index (κ3) is 4.76. The fourth-order valence-corrected chi connectivity index (χ4v) is 3.50. The Bertz CT molecular complexity index is 851. The SMILES string of the molecule is NC(=O)[C@H]1CCCCN1C(=O)COC(=O)c1ccccc1Cc1ccccc1. The highest BCUT2D eigenvalue weighted by atomic mass is 16.5. The summed E-state index contributed by atoms with van der Waals surface area (Å²) in [5, 5.41) is 0. The van der Waals surface area contributed by atoms with E-state index in [2.05, 4.69) is 0 Å². The van der Waals surface area contributed by atoms with Gasteiger partial charge in [-0.15, -0.1) is 0 Å². The zero-order valence-corrected chi connectivity index (χ0v) is 15.7. The Hall–Kier alpha value is -3.15. The lowest BCUT2D eigenvalue weighted by atomic mass is 10.00. The molecule has 1 saturated heterocycles. The second-order valence-electron chi connectivity index (χ2n) is 6.90. The fraction of sp³-hybridized carbons (Fsp3) is 0.318. The van der Waals surface area contributed by atoms with Crippen molar-refractivity contribution in [1.29, 1.82) is 0 Å². The number of benzene rings is 2. The first kappa shape index (κ1) is 19.6. The van der Waals surface area contributed by atoms with Gasteiger partial charge in [0.1, 0.15) is 6.04 Å². The summed E-state index contributed by atoms with van der Waals surface area (Å²) in [6.45, 7) is 0.0524. The Labute approximate surface area is 164 Å². The van der Waals surface area contributed by atoms with E-state index in [4.69, 9.17) is 10.5 Å². The first-order valence-electron chi connectivity index (χ1n) is 9.44. The molecule has 0 aliphatic carbocycles. The number of nitrogens with two attached hydrogens (primary N) is 1. The zero-order chi connectivity index (χ0) is 19.9. The number of ether oxygens (including phenoxy) is 1. The molecular formula is C22H24N2O4. The highest BCUT2D eigenvalue weighted by Gasteiger charge is 2.31. The van der Waals surface area contributed by atoms with Crippen LogP contribution in [-0.2, 0) is 20.7 Å². The summed E-state index contributed by atoms with van der Waals surface area (Å²) in [6.07, 6.45) is 2.80. The lowest BCUT2D eigenvalue weighted by molar-refractivity contribution is -0.143. The quantitative estimate of drug-likeness (QED) is 0.779. The van der Waals surface area contributed by atoms with E-state index in [9.17, 15) is 14.4 Å². The summed E-state index contributed by atoms with van der Waals surface area (Å²) in [4.78, 5) is 38.0. The summed E-state index contributed by atoms with van der Waals surface area (Å²) in [6, 6.07) is 16.4. The van der Waals surface area contributed by atoms with Crippen LogP contribution < -0.4 is 5.73 Å². The maximum atomic E-state index is 12.6. The minimum atomic E-state index is -0.620. The Balaban J connectivity index is 1.65. The molecule has 1 atom stereocenters. The molecule has 0 bridgehead atoms. The van der Waals surface area contributed by atoms with Crippen molar-refractivity contribution in [1.82, 2.24) is 4.90 Å². The molecule has 1 aliphatic heterocycles. The van der Waals surface area contributed by atoms with Crippen LogP contribution in [0.25, 0.3) is 0 Å². The zero-order valence-electron chi connectivity index (χ0n) is 15.7. The molecule has 2 aromatic carbocycles. The maximum absolute atomic E-state index is 12.6. The first-order chi connectivity index (χ1) is 13.6. The van der Waals surface area contributed by atoms with Crippen LogP contribution in [0.4, 0.5) is 0 Å². The molecule has 6 nitrogen and oxygen atoms in total. The Kier molecular flexibility index (Phi) is 6.42. The molecule has 0 radical (unpaired) electrons. The van der Waals surface area contributed by atoms with Gasteiger partial charge in [-0.2, -0.15) is 0 Å². The number of hydrogen-bond acceptors (Lipinski definition) is 4. The molecule has 3 rings (SSSR count). The van der Waals surface area contributed by atoms with Gasteiger partial charge in [0.15, 0.2) is 6.61 Å². The Morgan fingerprint density at radius 2 is 1.71 bits per heavy atom. The van der Waals surface area contributed by atoms with Crippen LogP contribution in [0.3, 0.4) is 0 Å². The summed E-state index contributed by atoms with van der Waals surface area (Å²) < 4.78 is 5.27. The van der Waals surface area contributed by atoms with Crippen LogP contribution in [0, 0.1) is 0 Å². The molecule has 28 heavy (non-hydrogen) atoms. The number of carbonyl (C=O) groups is 3. The second kappa shape index (κ2) is 9.17. The normalized spacial score (nSPS) is 16.4. The third-order valence-corrected chi connectivity index (χ3v) is 4.95. The van der Waals surface area contributed by atoms with Crippen molar-refractivity contribution in [3.05, 3.63) is 71.3 Å². The molecule has 0 aromatic heterocycles. The van der Waals surface area contributed by atoms with Gasteiger partial charge in [-0.05, 0) is 42.9 Å². The van der Waals surface area contributed by atoms with E-state index in [0.29, 0.717) is 24.9 Å². The van der Waals surface area contributed by atoms with Crippen molar-refractivity contribution in [2.75, 3.05) is 13.2 Å². The van der Waals surface area contributed by atoms with Gasteiger partial charge in [0.25, 0.3) is 5.91 Å². The molecule has 0 saturated carbocycles. The lowest BCUT2D eigenvalue weighted by Crippen LogP contribution is -2.51. The van der Waals surface area contributed by atoms with Crippen LogP contribution in [0.15, 0.2) is 54.6 Å². The highest BCUT2D eigenvalue weighted by Crippen LogP contribution is 2.18. The topological polar surface area (TPSA) is 89.7 Å². The molecule has 2 aromatic rings. The predicted octanol–water partition coefficient (Wildman–Crippen LogP) is 2.30. The van der Waals surface area contributed by atoms with E-state index in [0.717, 1.165) is 24.0 Å². The van der Waals surface area contributed by atoms with Gasteiger partial charge < -0.3 is 15.4 Å². The average molecular weight is 380 g/mol. The van der Waals surface area contributed by atoms with Gasteiger partial charge in [0.2, 0.25) is 5.91 Å². The number of nitrogens with zero attached hydrogens (tertiary/aromatic N) is 1. The van der Waals surface area contributed by atoms with Crippen LogP contribution in [-0.4, -0.2) is 41.9 Å². The number of piperidine rings is 1. The number of esters is 1. The number of rotatable bonds is 6. The number of amides is 2. The largest absolute Gasteiger partial charge is 0.452 e. The minimum absolute atomic E-state index is 0.391. The summed E-state index contributed by atoms with van der Waals surface area (Å²) >= 11 is 0. The van der Waals surface area contributed by atoms with Gasteiger partial charge in [-0.3, -0.25) is 9.59 Å². The molecule has 1 aliphatic rings. The molecule has 2 N–H and O–H groups in total. The first-order valence-corrected chi connectivity index (χ1v) is 9.44. The van der Waals surface area contributed by atoms with Crippen molar-refractivity contribution in [2.24, 2.45) is 5.73 Å². The van der Waals surface area contributed by atoms with E-state index < -0.39 is 30.4 Å². The average Bonchev–Trinajstić information content (AvgIpc) is 2.73. The monoisotopic (exact) mass is 380 g/mol. The van der Waals surface area contributed by atoms with E-state index in [-0.39, 0.29) is 0 Å². The minimum Gasteiger partial charge on any atom is -0.452 e. The van der Waals surface area contributed by atoms with Crippen LogP contribution in [0.2, 0.25) is 0 Å². The Morgan fingerprint density at radius 3 is 2.46 bits per heavy atom. The molecule has 6 heteroatoms. The molecule has 1 heterocycles. The number of carbonyl (C=O) groups excluding carboxylic acids is 3. The van der Waals surface area contributed by atoms with E-state index in [1.54, 1.807) is 12.1 Å². The van der Waals surface area contributed by atoms with Crippen LogP contribution in [0.1, 0.15) is 40.7 Å². The standard InChI is InChI=1S/C22H24N2O4/c23-21(26)19-12-6-7-13-24(19)20(25)15-28-22(27)18-11-5-4-10-17(18)14-16-8-2-1-3-9-16/h1-5,8-11,19H,6-7,12-15H2,(H2,23,26)/t19-/m1/s1. The fourth-order valence-electron chi connectivity index (χ4n) is 3.50. The molecule has 0 spiro atoms. The Morgan fingerprint density at radius 1 is 1.00 bits per heavy atom. The van der Waals surface area contributed by atoms with E-state index >= 15 is 0 Å².